The van der Waals surface area contributed by atoms with Gasteiger partial charge in [0.05, 0.1) is 22.3 Å². The molecule has 8 heteroatoms. The van der Waals surface area contributed by atoms with Crippen LogP contribution >= 0.6 is 23.2 Å². The third-order valence-corrected chi connectivity index (χ3v) is 4.06. The normalized spacial score (nSPS) is 20.7. The van der Waals surface area contributed by atoms with Crippen LogP contribution in [0.25, 0.3) is 0 Å². The van der Waals surface area contributed by atoms with Crippen molar-refractivity contribution in [1.82, 2.24) is 0 Å². The van der Waals surface area contributed by atoms with Crippen LogP contribution in [-0.4, -0.2) is 34.9 Å². The third kappa shape index (κ3) is 2.89. The number of benzene rings is 1. The summed E-state index contributed by atoms with van der Waals surface area (Å²) in [5.74, 6) is -1.74. The lowest BCUT2D eigenvalue weighted by atomic mass is 9.95. The molecule has 1 aromatic carbocycles. The van der Waals surface area contributed by atoms with E-state index in [0.29, 0.717) is 10.7 Å². The van der Waals surface area contributed by atoms with Crippen LogP contribution in [0.1, 0.15) is 20.3 Å². The molecular weight excluding hydrogens is 331 g/mol. The molecule has 2 rings (SSSR count). The van der Waals surface area contributed by atoms with Gasteiger partial charge in [0.15, 0.2) is 5.54 Å². The number of carboxylic acid groups (broad SMARTS) is 1. The van der Waals surface area contributed by atoms with Gasteiger partial charge in [0, 0.05) is 6.42 Å². The minimum absolute atomic E-state index is 0.0535. The summed E-state index contributed by atoms with van der Waals surface area (Å²) >= 11 is 11.8. The van der Waals surface area contributed by atoms with Crippen molar-refractivity contribution in [2.75, 3.05) is 11.6 Å². The number of carbonyl (C=O) groups excluding carboxylic acids is 1. The molecule has 1 aromatic rings. The summed E-state index contributed by atoms with van der Waals surface area (Å²) in [6.45, 7) is 3.34. The van der Waals surface area contributed by atoms with Crippen molar-refractivity contribution in [2.45, 2.75) is 25.8 Å². The van der Waals surface area contributed by atoms with Gasteiger partial charge in [0.2, 0.25) is 0 Å². The van der Waals surface area contributed by atoms with Crippen molar-refractivity contribution in [2.24, 2.45) is 5.10 Å². The van der Waals surface area contributed by atoms with Crippen molar-refractivity contribution in [3.8, 4) is 0 Å². The summed E-state index contributed by atoms with van der Waals surface area (Å²) in [5.41, 5.74) is -0.921. The summed E-state index contributed by atoms with van der Waals surface area (Å²) in [6.07, 6.45) is -0.0680. The molecule has 1 unspecified atom stereocenters. The Balaban J connectivity index is 2.45. The Labute approximate surface area is 137 Å². The second-order valence-electron chi connectivity index (χ2n) is 4.93. The minimum Gasteiger partial charge on any atom is -0.479 e. The second-order valence-corrected chi connectivity index (χ2v) is 5.75. The molecule has 1 aliphatic heterocycles. The van der Waals surface area contributed by atoms with Gasteiger partial charge < -0.3 is 9.84 Å². The predicted molar refractivity (Wildman–Crippen MR) is 83.7 cm³/mol. The summed E-state index contributed by atoms with van der Waals surface area (Å²) < 4.78 is 4.89. The van der Waals surface area contributed by atoms with E-state index in [9.17, 15) is 14.7 Å². The fourth-order valence-corrected chi connectivity index (χ4v) is 2.41. The number of carbonyl (C=O) groups is 2. The molecule has 0 spiro atoms. The Morgan fingerprint density at radius 2 is 2.09 bits per heavy atom. The molecule has 0 radical (unpaired) electrons. The highest BCUT2D eigenvalue weighted by atomic mass is 35.5. The average Bonchev–Trinajstić information content (AvgIpc) is 2.82. The fourth-order valence-electron chi connectivity index (χ4n) is 2.12. The molecule has 1 atom stereocenters. The zero-order chi connectivity index (χ0) is 16.5. The lowest BCUT2D eigenvalue weighted by Crippen LogP contribution is -2.47. The molecule has 0 saturated heterocycles. The van der Waals surface area contributed by atoms with Crippen LogP contribution in [0.4, 0.5) is 5.69 Å². The van der Waals surface area contributed by atoms with Gasteiger partial charge in [0.1, 0.15) is 5.71 Å². The number of hydrazone groups is 1. The number of ether oxygens (including phenoxy) is 1. The maximum Gasteiger partial charge on any atom is 0.354 e. The maximum absolute atomic E-state index is 11.8. The zero-order valence-electron chi connectivity index (χ0n) is 12.0. The quantitative estimate of drug-likeness (QED) is 0.849. The number of rotatable bonds is 4. The van der Waals surface area contributed by atoms with E-state index in [1.807, 2.05) is 0 Å². The highest BCUT2D eigenvalue weighted by Gasteiger charge is 2.48. The molecule has 22 heavy (non-hydrogen) atoms. The van der Waals surface area contributed by atoms with Crippen LogP contribution in [0.2, 0.25) is 10.0 Å². The van der Waals surface area contributed by atoms with Crippen LogP contribution in [-0.2, 0) is 14.3 Å². The van der Waals surface area contributed by atoms with Gasteiger partial charge in [-0.05, 0) is 32.0 Å². The van der Waals surface area contributed by atoms with Crippen LogP contribution in [0.3, 0.4) is 0 Å². The summed E-state index contributed by atoms with van der Waals surface area (Å²) in [7, 11) is 0. The van der Waals surface area contributed by atoms with Crippen molar-refractivity contribution in [3.63, 3.8) is 0 Å². The largest absolute Gasteiger partial charge is 0.479 e. The summed E-state index contributed by atoms with van der Waals surface area (Å²) in [5, 5.41) is 15.5. The second kappa shape index (κ2) is 6.14. The topological polar surface area (TPSA) is 79.2 Å². The van der Waals surface area contributed by atoms with Crippen LogP contribution in [0, 0.1) is 0 Å². The van der Waals surface area contributed by atoms with Gasteiger partial charge in [-0.3, -0.25) is 0 Å². The first kappa shape index (κ1) is 16.6. The Morgan fingerprint density at radius 3 is 2.64 bits per heavy atom. The van der Waals surface area contributed by atoms with Crippen LogP contribution in [0.5, 0.6) is 0 Å². The monoisotopic (exact) mass is 344 g/mol. The molecule has 0 amide bonds. The number of esters is 1. The van der Waals surface area contributed by atoms with Crippen LogP contribution < -0.4 is 5.01 Å². The number of hydrogen-bond donors (Lipinski definition) is 1. The number of carboxylic acids is 1. The summed E-state index contributed by atoms with van der Waals surface area (Å²) in [6, 6.07) is 4.63. The summed E-state index contributed by atoms with van der Waals surface area (Å²) in [4.78, 5) is 23.5. The maximum atomic E-state index is 11.8. The lowest BCUT2D eigenvalue weighted by molar-refractivity contribution is -0.142. The van der Waals surface area contributed by atoms with Crippen molar-refractivity contribution in [3.05, 3.63) is 28.2 Å². The molecule has 1 N–H and O–H groups in total. The molecule has 0 fully saturated rings. The Bertz CT molecular complexity index is 662. The molecule has 0 aromatic heterocycles. The van der Waals surface area contributed by atoms with Crippen molar-refractivity contribution < 1.29 is 19.4 Å². The Kier molecular flexibility index (Phi) is 4.63. The average molecular weight is 345 g/mol. The first-order valence-electron chi connectivity index (χ1n) is 6.53. The Morgan fingerprint density at radius 1 is 1.41 bits per heavy atom. The van der Waals surface area contributed by atoms with Gasteiger partial charge in [-0.1, -0.05) is 23.2 Å². The smallest absolute Gasteiger partial charge is 0.354 e. The van der Waals surface area contributed by atoms with Crippen molar-refractivity contribution >= 4 is 46.5 Å². The third-order valence-electron chi connectivity index (χ3n) is 3.32. The molecule has 118 valence electrons. The molecule has 0 aliphatic carbocycles. The van der Waals surface area contributed by atoms with Gasteiger partial charge in [-0.25, -0.2) is 14.6 Å². The molecule has 1 aliphatic rings. The van der Waals surface area contributed by atoms with E-state index in [1.54, 1.807) is 19.1 Å². The van der Waals surface area contributed by atoms with Gasteiger partial charge >= 0.3 is 11.9 Å². The van der Waals surface area contributed by atoms with E-state index in [2.05, 4.69) is 5.10 Å². The molecule has 0 bridgehead atoms. The Hall–Kier alpha value is -1.79. The number of anilines is 1. The molecule has 1 heterocycles. The van der Waals surface area contributed by atoms with E-state index in [0.717, 1.165) is 0 Å². The van der Waals surface area contributed by atoms with E-state index in [4.69, 9.17) is 27.9 Å². The number of halogens is 2. The minimum atomic E-state index is -1.40. The standard InChI is InChI=1S/C14H14Cl2N2O4/c1-3-22-12(19)11-7-14(2,13(20)21)18(17-11)8-4-5-9(15)10(16)6-8/h4-6H,3,7H2,1-2H3,(H,20,21). The molecule has 0 saturated carbocycles. The van der Waals surface area contributed by atoms with E-state index in [-0.39, 0.29) is 23.8 Å². The van der Waals surface area contributed by atoms with Gasteiger partial charge in [-0.2, -0.15) is 5.10 Å². The lowest BCUT2D eigenvalue weighted by Gasteiger charge is -2.30. The van der Waals surface area contributed by atoms with E-state index < -0.39 is 17.5 Å². The zero-order valence-corrected chi connectivity index (χ0v) is 13.5. The first-order chi connectivity index (χ1) is 10.3. The van der Waals surface area contributed by atoms with E-state index in [1.165, 1.54) is 18.0 Å². The molecular formula is C14H14Cl2N2O4. The van der Waals surface area contributed by atoms with Gasteiger partial charge in [-0.15, -0.1) is 0 Å². The number of nitrogens with zero attached hydrogens (tertiary/aromatic N) is 2. The SMILES string of the molecule is CCOC(=O)C1=NN(c2ccc(Cl)c(Cl)c2)C(C)(C(=O)O)C1. The fraction of sp³-hybridized carbons (Fsp3) is 0.357. The number of aliphatic carboxylic acids is 1. The van der Waals surface area contributed by atoms with E-state index >= 15 is 0 Å². The van der Waals surface area contributed by atoms with Gasteiger partial charge in [0.25, 0.3) is 0 Å². The molecule has 6 nitrogen and oxygen atoms in total. The highest BCUT2D eigenvalue weighted by Crippen LogP contribution is 2.36. The van der Waals surface area contributed by atoms with Crippen molar-refractivity contribution in [1.29, 1.82) is 0 Å². The highest BCUT2D eigenvalue weighted by molar-refractivity contribution is 6.42. The van der Waals surface area contributed by atoms with Crippen LogP contribution in [0.15, 0.2) is 23.3 Å². The predicted octanol–water partition coefficient (Wildman–Crippen LogP) is 2.97. The first-order valence-corrected chi connectivity index (χ1v) is 7.28. The number of hydrogen-bond acceptors (Lipinski definition) is 5.